The summed E-state index contributed by atoms with van der Waals surface area (Å²) < 4.78 is 22.7. The van der Waals surface area contributed by atoms with Gasteiger partial charge in [-0.15, -0.1) is 0 Å². The highest BCUT2D eigenvalue weighted by Gasteiger charge is 2.13. The van der Waals surface area contributed by atoms with Gasteiger partial charge in [-0.05, 0) is 12.1 Å². The summed E-state index contributed by atoms with van der Waals surface area (Å²) in [6.07, 6.45) is 0.348. The molecular weight excluding hydrogens is 199 g/mol. The van der Waals surface area contributed by atoms with Crippen LogP contribution in [0.25, 0.3) is 5.57 Å². The average Bonchev–Trinajstić information content (AvgIpc) is 2.30. The maximum absolute atomic E-state index is 12.5. The third-order valence-corrected chi connectivity index (χ3v) is 2.05. The first-order valence-corrected chi connectivity index (χ1v) is 4.40. The molecule has 0 aromatic heterocycles. The molecule has 0 saturated heterocycles. The number of hydrogen-bond acceptors (Lipinski definition) is 3. The lowest BCUT2D eigenvalue weighted by Gasteiger charge is -2.13. The van der Waals surface area contributed by atoms with Crippen molar-refractivity contribution in [2.75, 3.05) is 20.8 Å². The molecule has 1 rings (SSSR count). The van der Waals surface area contributed by atoms with E-state index < -0.39 is 6.61 Å². The highest BCUT2D eigenvalue weighted by molar-refractivity contribution is 5.75. The second-order valence-electron chi connectivity index (χ2n) is 2.83. The Bertz CT molecular complexity index is 339. The molecule has 0 heterocycles. The molecule has 0 atom stereocenters. The predicted molar refractivity (Wildman–Crippen MR) is 55.7 cm³/mol. The molecule has 1 aromatic rings. The van der Waals surface area contributed by atoms with E-state index >= 15 is 0 Å². The molecule has 1 N–H and O–H groups in total. The van der Waals surface area contributed by atoms with Crippen LogP contribution in [0.5, 0.6) is 11.5 Å². The van der Waals surface area contributed by atoms with Gasteiger partial charge in [-0.3, -0.25) is 0 Å². The Kier molecular flexibility index (Phi) is 4.12. The van der Waals surface area contributed by atoms with Crippen LogP contribution in [0, 0.1) is 0 Å². The fraction of sp³-hybridized carbons (Fsp3) is 0.273. The maximum atomic E-state index is 12.5. The Morgan fingerprint density at radius 3 is 2.20 bits per heavy atom. The molecule has 0 unspecified atom stereocenters. The molecule has 0 aliphatic heterocycles. The molecule has 3 nitrogen and oxygen atoms in total. The van der Waals surface area contributed by atoms with Crippen molar-refractivity contribution < 1.29 is 19.0 Å². The van der Waals surface area contributed by atoms with Gasteiger partial charge in [-0.1, -0.05) is 6.07 Å². The molecule has 0 fully saturated rings. The van der Waals surface area contributed by atoms with Crippen molar-refractivity contribution in [3.05, 3.63) is 30.1 Å². The summed E-state index contributed by atoms with van der Waals surface area (Å²) >= 11 is 0. The fourth-order valence-corrected chi connectivity index (χ4v) is 1.34. The van der Waals surface area contributed by atoms with Gasteiger partial charge in [0.2, 0.25) is 0 Å². The van der Waals surface area contributed by atoms with Crippen LogP contribution in [0.3, 0.4) is 0 Å². The van der Waals surface area contributed by atoms with E-state index in [0.29, 0.717) is 23.4 Å². The lowest BCUT2D eigenvalue weighted by Crippen LogP contribution is -1.98. The van der Waals surface area contributed by atoms with Crippen LogP contribution in [0.4, 0.5) is 4.39 Å². The van der Waals surface area contributed by atoms with Crippen molar-refractivity contribution in [1.29, 1.82) is 0 Å². The highest BCUT2D eigenvalue weighted by atomic mass is 19.1. The van der Waals surface area contributed by atoms with Gasteiger partial charge >= 0.3 is 0 Å². The summed E-state index contributed by atoms with van der Waals surface area (Å²) in [4.78, 5) is 0. The number of rotatable bonds is 4. The van der Waals surface area contributed by atoms with Crippen LogP contribution < -0.4 is 9.47 Å². The molecule has 82 valence electrons. The fourth-order valence-electron chi connectivity index (χ4n) is 1.34. The SMILES string of the molecule is COc1cccc(OC)c1C(=CF)CO. The van der Waals surface area contributed by atoms with Crippen LogP contribution in [0.2, 0.25) is 0 Å². The quantitative estimate of drug-likeness (QED) is 0.829. The van der Waals surface area contributed by atoms with E-state index in [2.05, 4.69) is 0 Å². The zero-order valence-electron chi connectivity index (χ0n) is 8.66. The van der Waals surface area contributed by atoms with Gasteiger partial charge in [0.15, 0.2) is 0 Å². The van der Waals surface area contributed by atoms with Crippen LogP contribution in [-0.2, 0) is 0 Å². The third kappa shape index (κ3) is 2.27. The van der Waals surface area contributed by atoms with E-state index in [9.17, 15) is 4.39 Å². The number of hydrogen-bond donors (Lipinski definition) is 1. The van der Waals surface area contributed by atoms with E-state index in [0.717, 1.165) is 0 Å². The first kappa shape index (κ1) is 11.5. The molecule has 0 radical (unpaired) electrons. The predicted octanol–water partition coefficient (Wildman–Crippen LogP) is 2.01. The molecule has 15 heavy (non-hydrogen) atoms. The van der Waals surface area contributed by atoms with E-state index in [1.54, 1.807) is 18.2 Å². The van der Waals surface area contributed by atoms with Crippen LogP contribution in [0.15, 0.2) is 24.5 Å². The molecule has 0 spiro atoms. The number of methoxy groups -OCH3 is 2. The minimum Gasteiger partial charge on any atom is -0.496 e. The first-order valence-electron chi connectivity index (χ1n) is 4.40. The molecule has 0 aliphatic carbocycles. The summed E-state index contributed by atoms with van der Waals surface area (Å²) in [6.45, 7) is -0.409. The van der Waals surface area contributed by atoms with Crippen molar-refractivity contribution >= 4 is 5.57 Å². The summed E-state index contributed by atoms with van der Waals surface area (Å²) in [6, 6.07) is 5.09. The zero-order valence-corrected chi connectivity index (χ0v) is 8.66. The van der Waals surface area contributed by atoms with Crippen molar-refractivity contribution in [1.82, 2.24) is 0 Å². The smallest absolute Gasteiger partial charge is 0.130 e. The number of ether oxygens (including phenoxy) is 2. The second kappa shape index (κ2) is 5.36. The van der Waals surface area contributed by atoms with E-state index in [-0.39, 0.29) is 5.57 Å². The normalized spacial score (nSPS) is 11.3. The van der Waals surface area contributed by atoms with Crippen LogP contribution in [-0.4, -0.2) is 25.9 Å². The summed E-state index contributed by atoms with van der Waals surface area (Å²) in [5, 5.41) is 9.00. The lowest BCUT2D eigenvalue weighted by atomic mass is 10.1. The Hall–Kier alpha value is -1.55. The Labute approximate surface area is 87.8 Å². The van der Waals surface area contributed by atoms with Gasteiger partial charge in [0.05, 0.1) is 32.7 Å². The minimum atomic E-state index is -0.409. The highest BCUT2D eigenvalue weighted by Crippen LogP contribution is 2.34. The summed E-state index contributed by atoms with van der Waals surface area (Å²) in [7, 11) is 2.96. The molecule has 0 amide bonds. The van der Waals surface area contributed by atoms with Crippen LogP contribution in [0.1, 0.15) is 5.56 Å². The van der Waals surface area contributed by atoms with E-state index in [1.807, 2.05) is 0 Å². The standard InChI is InChI=1S/C11H13FO3/c1-14-9-4-3-5-10(15-2)11(9)8(6-12)7-13/h3-6,13H,7H2,1-2H3. The third-order valence-electron chi connectivity index (χ3n) is 2.05. The van der Waals surface area contributed by atoms with E-state index in [1.165, 1.54) is 14.2 Å². The molecule has 4 heteroatoms. The van der Waals surface area contributed by atoms with Gasteiger partial charge < -0.3 is 14.6 Å². The monoisotopic (exact) mass is 212 g/mol. The molecule has 0 saturated carbocycles. The van der Waals surface area contributed by atoms with Crippen molar-refractivity contribution in [2.24, 2.45) is 0 Å². The number of aliphatic hydroxyl groups is 1. The summed E-state index contributed by atoms with van der Waals surface area (Å²) in [5.41, 5.74) is 0.566. The van der Waals surface area contributed by atoms with Gasteiger partial charge in [-0.25, -0.2) is 4.39 Å². The minimum absolute atomic E-state index is 0.129. The molecule has 0 aliphatic rings. The van der Waals surface area contributed by atoms with Crippen molar-refractivity contribution in [3.63, 3.8) is 0 Å². The van der Waals surface area contributed by atoms with Gasteiger partial charge in [0, 0.05) is 5.57 Å². The van der Waals surface area contributed by atoms with Crippen molar-refractivity contribution in [3.8, 4) is 11.5 Å². The number of halogens is 1. The largest absolute Gasteiger partial charge is 0.496 e. The lowest BCUT2D eigenvalue weighted by molar-refractivity contribution is 0.344. The first-order chi connectivity index (χ1) is 7.28. The summed E-state index contributed by atoms with van der Waals surface area (Å²) in [5.74, 6) is 0.930. The van der Waals surface area contributed by atoms with Crippen molar-refractivity contribution in [2.45, 2.75) is 0 Å². The van der Waals surface area contributed by atoms with Crippen LogP contribution >= 0.6 is 0 Å². The second-order valence-corrected chi connectivity index (χ2v) is 2.83. The van der Waals surface area contributed by atoms with Gasteiger partial charge in [0.1, 0.15) is 11.5 Å². The number of benzene rings is 1. The van der Waals surface area contributed by atoms with Gasteiger partial charge in [0.25, 0.3) is 0 Å². The van der Waals surface area contributed by atoms with Gasteiger partial charge in [-0.2, -0.15) is 0 Å². The molecule has 0 bridgehead atoms. The topological polar surface area (TPSA) is 38.7 Å². The Morgan fingerprint density at radius 1 is 1.33 bits per heavy atom. The maximum Gasteiger partial charge on any atom is 0.130 e. The zero-order chi connectivity index (χ0) is 11.3. The van der Waals surface area contributed by atoms with E-state index in [4.69, 9.17) is 14.6 Å². The molecular formula is C11H13FO3. The Balaban J connectivity index is 3.33. The molecule has 1 aromatic carbocycles. The average molecular weight is 212 g/mol. The number of aliphatic hydroxyl groups excluding tert-OH is 1. The Morgan fingerprint density at radius 2 is 1.87 bits per heavy atom.